The van der Waals surface area contributed by atoms with Gasteiger partial charge in [0.1, 0.15) is 5.01 Å². The molecule has 0 saturated heterocycles. The zero-order valence-corrected chi connectivity index (χ0v) is 18.5. The average molecular weight is 416 g/mol. The minimum atomic E-state index is -0.0333. The van der Waals surface area contributed by atoms with Crippen molar-refractivity contribution < 1.29 is 4.79 Å². The lowest BCUT2D eigenvalue weighted by atomic mass is 10.2. The van der Waals surface area contributed by atoms with E-state index in [0.29, 0.717) is 10.6 Å². The number of benzene rings is 1. The Morgan fingerprint density at radius 3 is 2.64 bits per heavy atom. The van der Waals surface area contributed by atoms with Gasteiger partial charge in [0, 0.05) is 28.7 Å². The van der Waals surface area contributed by atoms with E-state index in [2.05, 4.69) is 30.7 Å². The van der Waals surface area contributed by atoms with Crippen molar-refractivity contribution in [1.82, 2.24) is 14.9 Å². The minimum absolute atomic E-state index is 0.0333. The van der Waals surface area contributed by atoms with E-state index < -0.39 is 0 Å². The van der Waals surface area contributed by atoms with Gasteiger partial charge in [-0.3, -0.25) is 4.79 Å². The summed E-state index contributed by atoms with van der Waals surface area (Å²) >= 11 is 7.90. The van der Waals surface area contributed by atoms with Crippen molar-refractivity contribution in [1.29, 1.82) is 0 Å². The predicted molar refractivity (Wildman–Crippen MR) is 118 cm³/mol. The molecular formula is C22H26ClN3OS. The zero-order valence-electron chi connectivity index (χ0n) is 16.9. The molecule has 0 saturated carbocycles. The summed E-state index contributed by atoms with van der Waals surface area (Å²) in [5, 5.41) is 6.66. The van der Waals surface area contributed by atoms with E-state index in [9.17, 15) is 4.79 Å². The van der Waals surface area contributed by atoms with Gasteiger partial charge >= 0.3 is 0 Å². The van der Waals surface area contributed by atoms with Gasteiger partial charge in [0.25, 0.3) is 5.91 Å². The molecule has 1 unspecified atom stereocenters. The normalized spacial score (nSPS) is 12.4. The van der Waals surface area contributed by atoms with E-state index >= 15 is 0 Å². The Bertz CT molecular complexity index is 990. The minimum Gasteiger partial charge on any atom is -0.350 e. The van der Waals surface area contributed by atoms with E-state index in [1.165, 1.54) is 0 Å². The number of thiazole rings is 1. The Hall–Kier alpha value is -2.11. The van der Waals surface area contributed by atoms with E-state index in [1.807, 2.05) is 49.6 Å². The van der Waals surface area contributed by atoms with Crippen LogP contribution in [0.2, 0.25) is 5.02 Å². The number of carbonyl (C=O) groups excluding carboxylic acids is 1. The van der Waals surface area contributed by atoms with Gasteiger partial charge in [-0.2, -0.15) is 0 Å². The van der Waals surface area contributed by atoms with Gasteiger partial charge in [0.15, 0.2) is 0 Å². The molecule has 0 fully saturated rings. The summed E-state index contributed by atoms with van der Waals surface area (Å²) in [5.74, 6) is -0.0333. The van der Waals surface area contributed by atoms with Gasteiger partial charge in [0.05, 0.1) is 22.0 Å². The maximum Gasteiger partial charge on any atom is 0.253 e. The molecule has 1 aromatic carbocycles. The number of amides is 1. The molecule has 148 valence electrons. The first kappa shape index (κ1) is 20.6. The van der Waals surface area contributed by atoms with Crippen LogP contribution in [-0.2, 0) is 0 Å². The smallest absolute Gasteiger partial charge is 0.253 e. The van der Waals surface area contributed by atoms with Crippen LogP contribution in [0.3, 0.4) is 0 Å². The quantitative estimate of drug-likeness (QED) is 0.509. The van der Waals surface area contributed by atoms with Crippen LogP contribution in [0.5, 0.6) is 0 Å². The largest absolute Gasteiger partial charge is 0.350 e. The highest BCUT2D eigenvalue weighted by Crippen LogP contribution is 2.35. The first-order chi connectivity index (χ1) is 13.3. The Balaban J connectivity index is 2.04. The first-order valence-electron chi connectivity index (χ1n) is 9.57. The lowest BCUT2D eigenvalue weighted by Crippen LogP contribution is -2.32. The molecule has 3 rings (SSSR count). The molecule has 28 heavy (non-hydrogen) atoms. The van der Waals surface area contributed by atoms with Crippen LogP contribution in [0.25, 0.3) is 22.0 Å². The van der Waals surface area contributed by atoms with E-state index in [0.717, 1.165) is 34.1 Å². The molecule has 0 aliphatic carbocycles. The van der Waals surface area contributed by atoms with Crippen molar-refractivity contribution in [2.75, 3.05) is 0 Å². The van der Waals surface area contributed by atoms with Gasteiger partial charge in [0.2, 0.25) is 0 Å². The Morgan fingerprint density at radius 2 is 2.00 bits per heavy atom. The van der Waals surface area contributed by atoms with Crippen molar-refractivity contribution in [3.63, 3.8) is 0 Å². The summed E-state index contributed by atoms with van der Waals surface area (Å²) in [6, 6.07) is 10.0. The molecule has 4 nitrogen and oxygen atoms in total. The number of hydrogen-bond acceptors (Lipinski definition) is 3. The van der Waals surface area contributed by atoms with E-state index in [-0.39, 0.29) is 18.0 Å². The van der Waals surface area contributed by atoms with Crippen molar-refractivity contribution in [2.45, 2.75) is 53.1 Å². The lowest BCUT2D eigenvalue weighted by Gasteiger charge is -2.15. The van der Waals surface area contributed by atoms with Gasteiger partial charge in [-0.15, -0.1) is 11.3 Å². The number of rotatable bonds is 6. The molecule has 0 aliphatic rings. The molecule has 0 spiro atoms. The summed E-state index contributed by atoms with van der Waals surface area (Å²) in [6.45, 7) is 10.3. The SMILES string of the molecule is CCC(C)NC(=O)c1cc(-c2csc(-c3ccccc3Cl)n2)n(C(C)C)c1C. The number of halogens is 1. The summed E-state index contributed by atoms with van der Waals surface area (Å²) in [5.41, 5.74) is 4.40. The highest BCUT2D eigenvalue weighted by Gasteiger charge is 2.22. The molecule has 1 amide bonds. The third-order valence-electron chi connectivity index (χ3n) is 4.91. The monoisotopic (exact) mass is 415 g/mol. The summed E-state index contributed by atoms with van der Waals surface area (Å²) in [6.07, 6.45) is 0.899. The maximum absolute atomic E-state index is 12.8. The molecule has 2 heterocycles. The van der Waals surface area contributed by atoms with Crippen LogP contribution in [0.15, 0.2) is 35.7 Å². The molecule has 6 heteroatoms. The van der Waals surface area contributed by atoms with Crippen LogP contribution >= 0.6 is 22.9 Å². The van der Waals surface area contributed by atoms with Gasteiger partial charge < -0.3 is 9.88 Å². The van der Waals surface area contributed by atoms with Gasteiger partial charge in [-0.05, 0) is 46.2 Å². The number of carbonyl (C=O) groups is 1. The highest BCUT2D eigenvalue weighted by atomic mass is 35.5. The van der Waals surface area contributed by atoms with Crippen molar-refractivity contribution in [2.24, 2.45) is 0 Å². The van der Waals surface area contributed by atoms with Gasteiger partial charge in [-0.1, -0.05) is 36.7 Å². The lowest BCUT2D eigenvalue weighted by molar-refractivity contribution is 0.0938. The third-order valence-corrected chi connectivity index (χ3v) is 6.12. The Morgan fingerprint density at radius 1 is 1.29 bits per heavy atom. The summed E-state index contributed by atoms with van der Waals surface area (Å²) < 4.78 is 2.18. The molecule has 1 atom stereocenters. The second kappa shape index (κ2) is 8.50. The van der Waals surface area contributed by atoms with Crippen LogP contribution in [0.1, 0.15) is 56.2 Å². The fourth-order valence-electron chi connectivity index (χ4n) is 3.27. The van der Waals surface area contributed by atoms with E-state index in [1.54, 1.807) is 11.3 Å². The number of nitrogens with zero attached hydrogens (tertiary/aromatic N) is 2. The van der Waals surface area contributed by atoms with E-state index in [4.69, 9.17) is 16.6 Å². The molecule has 0 bridgehead atoms. The fraction of sp³-hybridized carbons (Fsp3) is 0.364. The molecule has 1 N–H and O–H groups in total. The van der Waals surface area contributed by atoms with Crippen LogP contribution in [0, 0.1) is 6.92 Å². The van der Waals surface area contributed by atoms with Gasteiger partial charge in [-0.25, -0.2) is 4.98 Å². The molecule has 0 radical (unpaired) electrons. The molecular weight excluding hydrogens is 390 g/mol. The summed E-state index contributed by atoms with van der Waals surface area (Å²) in [7, 11) is 0. The maximum atomic E-state index is 12.8. The predicted octanol–water partition coefficient (Wildman–Crippen LogP) is 6.35. The van der Waals surface area contributed by atoms with Crippen LogP contribution < -0.4 is 5.32 Å². The topological polar surface area (TPSA) is 46.9 Å². The molecule has 2 aromatic heterocycles. The Labute approximate surface area is 175 Å². The zero-order chi connectivity index (χ0) is 20.4. The second-order valence-corrected chi connectivity index (χ2v) is 8.56. The van der Waals surface area contributed by atoms with Crippen molar-refractivity contribution in [3.8, 4) is 22.0 Å². The second-order valence-electron chi connectivity index (χ2n) is 7.29. The molecule has 3 aromatic rings. The number of nitrogens with one attached hydrogen (secondary N) is 1. The fourth-order valence-corrected chi connectivity index (χ4v) is 4.40. The van der Waals surface area contributed by atoms with Crippen molar-refractivity contribution >= 4 is 28.8 Å². The molecule has 0 aliphatic heterocycles. The van der Waals surface area contributed by atoms with Crippen LogP contribution in [0.4, 0.5) is 0 Å². The third kappa shape index (κ3) is 4.01. The summed E-state index contributed by atoms with van der Waals surface area (Å²) in [4.78, 5) is 17.6. The number of hydrogen-bond donors (Lipinski definition) is 1. The Kier molecular flexibility index (Phi) is 6.26. The standard InChI is InChI=1S/C22H26ClN3OS/c1-6-14(4)24-21(27)17-11-20(26(13(2)3)15(17)5)19-12-28-22(25-19)16-9-7-8-10-18(16)23/h7-14H,6H2,1-5H3,(H,24,27). The van der Waals surface area contributed by atoms with Crippen molar-refractivity contribution in [3.05, 3.63) is 52.0 Å². The average Bonchev–Trinajstić information content (AvgIpc) is 3.26. The first-order valence-corrected chi connectivity index (χ1v) is 10.8. The highest BCUT2D eigenvalue weighted by molar-refractivity contribution is 7.13. The van der Waals surface area contributed by atoms with Crippen LogP contribution in [-0.4, -0.2) is 21.5 Å². The number of aromatic nitrogens is 2.